The number of pyridine rings is 1. The van der Waals surface area contributed by atoms with Gasteiger partial charge in [-0.05, 0) is 24.6 Å². The number of nitrogen functional groups attached to an aromatic ring is 1. The normalized spacial score (nSPS) is 15.7. The van der Waals surface area contributed by atoms with Crippen LogP contribution in [-0.4, -0.2) is 43.8 Å². The molecule has 32 heavy (non-hydrogen) atoms. The fourth-order valence-corrected chi connectivity index (χ4v) is 3.95. The highest BCUT2D eigenvalue weighted by molar-refractivity contribution is 6.00. The predicted octanol–water partition coefficient (Wildman–Crippen LogP) is 3.39. The van der Waals surface area contributed by atoms with Gasteiger partial charge in [0, 0.05) is 30.4 Å². The number of amides is 1. The highest BCUT2D eigenvalue weighted by Crippen LogP contribution is 2.39. The molecule has 4 aromatic rings. The van der Waals surface area contributed by atoms with Crippen molar-refractivity contribution in [2.75, 3.05) is 19.4 Å². The van der Waals surface area contributed by atoms with Crippen LogP contribution >= 0.6 is 0 Å². The molecule has 0 unspecified atom stereocenters. The molecule has 3 aromatic heterocycles. The number of nitrogens with zero attached hydrogens (tertiary/aromatic N) is 5. The van der Waals surface area contributed by atoms with E-state index in [-0.39, 0.29) is 18.3 Å². The van der Waals surface area contributed by atoms with Gasteiger partial charge < -0.3 is 15.4 Å². The first kappa shape index (κ1) is 20.0. The second-order valence-corrected chi connectivity index (χ2v) is 7.65. The van der Waals surface area contributed by atoms with Crippen LogP contribution in [0.3, 0.4) is 0 Å². The molecule has 8 nitrogen and oxygen atoms in total. The van der Waals surface area contributed by atoms with Crippen molar-refractivity contribution in [1.29, 1.82) is 0 Å². The summed E-state index contributed by atoms with van der Waals surface area (Å²) >= 11 is 0. The topological polar surface area (TPSA) is 98.6 Å². The van der Waals surface area contributed by atoms with Crippen LogP contribution in [0.4, 0.5) is 19.0 Å². The maximum absolute atomic E-state index is 13.4. The van der Waals surface area contributed by atoms with E-state index in [9.17, 15) is 18.0 Å². The Hall–Kier alpha value is -3.89. The van der Waals surface area contributed by atoms with Gasteiger partial charge in [0.1, 0.15) is 29.4 Å². The maximum atomic E-state index is 13.4. The van der Waals surface area contributed by atoms with Gasteiger partial charge in [0.25, 0.3) is 5.91 Å². The molecule has 1 atom stereocenters. The molecule has 11 heteroatoms. The number of carbonyl (C=O) groups excluding carboxylic acids is 1. The van der Waals surface area contributed by atoms with E-state index in [4.69, 9.17) is 10.5 Å². The molecule has 0 spiro atoms. The number of carbonyl (C=O) groups is 1. The molecule has 4 heterocycles. The van der Waals surface area contributed by atoms with E-state index in [0.717, 1.165) is 12.3 Å². The fourth-order valence-electron chi connectivity index (χ4n) is 3.95. The molecule has 0 aliphatic carbocycles. The van der Waals surface area contributed by atoms with Gasteiger partial charge in [0.05, 0.1) is 29.6 Å². The minimum atomic E-state index is -4.57. The zero-order valence-electron chi connectivity index (χ0n) is 17.0. The highest BCUT2D eigenvalue weighted by atomic mass is 19.4. The Balaban J connectivity index is 1.53. The van der Waals surface area contributed by atoms with Gasteiger partial charge in [-0.15, -0.1) is 0 Å². The van der Waals surface area contributed by atoms with E-state index in [1.165, 1.54) is 4.90 Å². The van der Waals surface area contributed by atoms with E-state index in [2.05, 4.69) is 15.0 Å². The molecule has 1 aliphatic rings. The lowest BCUT2D eigenvalue weighted by atomic mass is 10.0. The summed E-state index contributed by atoms with van der Waals surface area (Å²) in [6.07, 6.45) is -0.275. The molecular formula is C21H17F3N6O2. The van der Waals surface area contributed by atoms with E-state index < -0.39 is 17.9 Å². The van der Waals surface area contributed by atoms with Crippen molar-refractivity contribution in [1.82, 2.24) is 24.3 Å². The Kier molecular flexibility index (Phi) is 4.26. The number of aryl methyl sites for hydroxylation is 1. The molecule has 164 valence electrons. The van der Waals surface area contributed by atoms with Crippen LogP contribution in [-0.2, 0) is 6.18 Å². The summed E-state index contributed by atoms with van der Waals surface area (Å²) in [6.45, 7) is 1.82. The number of hydrogen-bond donors (Lipinski definition) is 1. The van der Waals surface area contributed by atoms with Crippen LogP contribution < -0.4 is 10.5 Å². The summed E-state index contributed by atoms with van der Waals surface area (Å²) in [5.41, 5.74) is 8.39. The third-order valence-electron chi connectivity index (χ3n) is 5.68. The van der Waals surface area contributed by atoms with Crippen LogP contribution in [0.1, 0.15) is 33.2 Å². The summed E-state index contributed by atoms with van der Waals surface area (Å²) in [6, 6.07) is 3.77. The smallest absolute Gasteiger partial charge is 0.433 e. The van der Waals surface area contributed by atoms with Crippen LogP contribution in [0.15, 0.2) is 36.9 Å². The second-order valence-electron chi connectivity index (χ2n) is 7.65. The lowest BCUT2D eigenvalue weighted by molar-refractivity contribution is -0.141. The number of ether oxygens (including phenoxy) is 1. The van der Waals surface area contributed by atoms with Crippen molar-refractivity contribution in [2.45, 2.75) is 19.1 Å². The highest BCUT2D eigenvalue weighted by Gasteiger charge is 2.37. The molecule has 0 bridgehead atoms. The van der Waals surface area contributed by atoms with E-state index in [0.29, 0.717) is 39.1 Å². The number of benzene rings is 1. The van der Waals surface area contributed by atoms with E-state index >= 15 is 0 Å². The maximum Gasteiger partial charge on any atom is 0.433 e. The summed E-state index contributed by atoms with van der Waals surface area (Å²) in [7, 11) is 1.58. The average molecular weight is 442 g/mol. The van der Waals surface area contributed by atoms with Gasteiger partial charge in [0.15, 0.2) is 0 Å². The number of anilines is 1. The first-order chi connectivity index (χ1) is 15.1. The number of aromatic nitrogens is 4. The van der Waals surface area contributed by atoms with Gasteiger partial charge in [-0.2, -0.15) is 13.2 Å². The Morgan fingerprint density at radius 1 is 1.25 bits per heavy atom. The number of halogens is 3. The Morgan fingerprint density at radius 3 is 2.78 bits per heavy atom. The van der Waals surface area contributed by atoms with Crippen molar-refractivity contribution in [2.24, 2.45) is 0 Å². The third kappa shape index (κ3) is 3.00. The van der Waals surface area contributed by atoms with Crippen LogP contribution in [0, 0.1) is 6.92 Å². The second kappa shape index (κ2) is 6.81. The minimum absolute atomic E-state index is 0.0387. The number of alkyl halides is 3. The molecule has 0 saturated carbocycles. The average Bonchev–Trinajstić information content (AvgIpc) is 3.39. The summed E-state index contributed by atoms with van der Waals surface area (Å²) < 4.78 is 46.0. The number of likely N-dealkylation sites (N-methyl/N-ethyl adjacent to an activating group) is 1. The Labute approximate surface area is 179 Å². The molecule has 1 amide bonds. The summed E-state index contributed by atoms with van der Waals surface area (Å²) in [5.74, 6) is 0.0962. The van der Waals surface area contributed by atoms with Crippen molar-refractivity contribution < 1.29 is 22.7 Å². The van der Waals surface area contributed by atoms with Gasteiger partial charge in [0.2, 0.25) is 0 Å². The molecule has 5 rings (SSSR count). The lowest BCUT2D eigenvalue weighted by Crippen LogP contribution is -2.32. The van der Waals surface area contributed by atoms with Crippen LogP contribution in [0.5, 0.6) is 5.75 Å². The molecule has 1 aromatic carbocycles. The van der Waals surface area contributed by atoms with E-state index in [1.54, 1.807) is 43.0 Å². The SMILES string of the molecule is Cc1cc2nc(N)c3cncn3c2cc1C(=O)N(C)[C@@H]1COc2cc(C(F)(F)F)ncc21. The van der Waals surface area contributed by atoms with Crippen LogP contribution in [0.2, 0.25) is 0 Å². The number of imidazole rings is 1. The van der Waals surface area contributed by atoms with Gasteiger partial charge in [-0.1, -0.05) is 0 Å². The Bertz CT molecular complexity index is 1400. The zero-order valence-corrected chi connectivity index (χ0v) is 17.0. The van der Waals surface area contributed by atoms with Crippen molar-refractivity contribution in [3.05, 3.63) is 59.3 Å². The summed E-state index contributed by atoms with van der Waals surface area (Å²) in [4.78, 5) is 26.8. The molecule has 0 saturated heterocycles. The van der Waals surface area contributed by atoms with Crippen molar-refractivity contribution in [3.63, 3.8) is 0 Å². The summed E-state index contributed by atoms with van der Waals surface area (Å²) in [5, 5.41) is 0. The number of hydrogen-bond acceptors (Lipinski definition) is 6. The van der Waals surface area contributed by atoms with Gasteiger partial charge >= 0.3 is 6.18 Å². The minimum Gasteiger partial charge on any atom is -0.491 e. The number of fused-ring (bicyclic) bond motifs is 4. The first-order valence-corrected chi connectivity index (χ1v) is 9.64. The molecule has 1 aliphatic heterocycles. The van der Waals surface area contributed by atoms with Crippen molar-refractivity contribution >= 4 is 28.3 Å². The predicted molar refractivity (Wildman–Crippen MR) is 109 cm³/mol. The quantitative estimate of drug-likeness (QED) is 0.511. The molecule has 0 fully saturated rings. The third-order valence-corrected chi connectivity index (χ3v) is 5.68. The first-order valence-electron chi connectivity index (χ1n) is 9.64. The van der Waals surface area contributed by atoms with E-state index in [1.807, 2.05) is 0 Å². The fraction of sp³-hybridized carbons (Fsp3) is 0.238. The van der Waals surface area contributed by atoms with Crippen molar-refractivity contribution in [3.8, 4) is 5.75 Å². The standard InChI is InChI=1S/C21H17F3N6O2/c1-10-3-13-14(30-9-26-7-15(30)19(25)28-13)4-11(10)20(31)29(2)16-8-32-17-5-18(21(22,23)24)27-6-12(16)17/h3-7,9,16H,8H2,1-2H3,(H2,25,28)/t16-/m1/s1. The Morgan fingerprint density at radius 2 is 2.03 bits per heavy atom. The lowest BCUT2D eigenvalue weighted by Gasteiger charge is -2.24. The zero-order chi connectivity index (χ0) is 22.8. The van der Waals surface area contributed by atoms with Crippen LogP contribution in [0.25, 0.3) is 16.6 Å². The van der Waals surface area contributed by atoms with Gasteiger partial charge in [-0.25, -0.2) is 9.97 Å². The largest absolute Gasteiger partial charge is 0.491 e. The monoisotopic (exact) mass is 442 g/mol. The molecule has 0 radical (unpaired) electrons. The molecular weight excluding hydrogens is 425 g/mol. The molecule has 2 N–H and O–H groups in total. The number of rotatable bonds is 2. The number of nitrogens with two attached hydrogens (primary N) is 1. The van der Waals surface area contributed by atoms with Gasteiger partial charge in [-0.3, -0.25) is 14.2 Å².